The van der Waals surface area contributed by atoms with Crippen LogP contribution in [0.15, 0.2) is 66.7 Å². The van der Waals surface area contributed by atoms with Gasteiger partial charge in [0.15, 0.2) is 5.60 Å². The van der Waals surface area contributed by atoms with E-state index in [1.807, 2.05) is 18.2 Å². The monoisotopic (exact) mass is 417 g/mol. The molecule has 3 aromatic rings. The van der Waals surface area contributed by atoms with E-state index in [1.54, 1.807) is 13.8 Å². The average molecular weight is 418 g/mol. The molecule has 1 fully saturated rings. The van der Waals surface area contributed by atoms with Gasteiger partial charge in [0, 0.05) is 12.1 Å². The molecule has 1 aliphatic rings. The number of carboxylic acids is 1. The van der Waals surface area contributed by atoms with Crippen molar-refractivity contribution in [2.24, 2.45) is 0 Å². The molecule has 0 heterocycles. The Morgan fingerprint density at radius 1 is 1.06 bits per heavy atom. The fourth-order valence-electron chi connectivity index (χ4n) is 4.68. The number of carboxylic acid groups (broad SMARTS) is 1. The highest BCUT2D eigenvalue weighted by Crippen LogP contribution is 2.37. The van der Waals surface area contributed by atoms with Crippen LogP contribution in [0.3, 0.4) is 0 Å². The number of aliphatic carboxylic acids is 1. The van der Waals surface area contributed by atoms with Gasteiger partial charge in [0.1, 0.15) is 5.75 Å². The fraction of sp³-hybridized carbons (Fsp3) is 0.370. The summed E-state index contributed by atoms with van der Waals surface area (Å²) in [5, 5.41) is 15.8. The highest BCUT2D eigenvalue weighted by Gasteiger charge is 2.31. The molecule has 0 aromatic heterocycles. The van der Waals surface area contributed by atoms with Crippen LogP contribution in [0.1, 0.15) is 63.1 Å². The van der Waals surface area contributed by atoms with Gasteiger partial charge in [-0.1, -0.05) is 54.6 Å². The third-order valence-corrected chi connectivity index (χ3v) is 6.43. The molecule has 1 saturated carbocycles. The summed E-state index contributed by atoms with van der Waals surface area (Å²) in [7, 11) is 0. The molecule has 3 aromatic carbocycles. The Kier molecular flexibility index (Phi) is 6.01. The number of benzene rings is 3. The van der Waals surface area contributed by atoms with Gasteiger partial charge in [-0.05, 0) is 80.0 Å². The van der Waals surface area contributed by atoms with E-state index in [4.69, 9.17) is 4.74 Å². The predicted molar refractivity (Wildman–Crippen MR) is 125 cm³/mol. The zero-order valence-corrected chi connectivity index (χ0v) is 18.5. The summed E-state index contributed by atoms with van der Waals surface area (Å²) in [4.78, 5) is 11.4. The first-order valence-corrected chi connectivity index (χ1v) is 11.1. The molecule has 0 amide bonds. The minimum atomic E-state index is -1.24. The Labute approximate surface area is 184 Å². The molecule has 0 saturated heterocycles. The van der Waals surface area contributed by atoms with Crippen LogP contribution in [-0.2, 0) is 4.79 Å². The van der Waals surface area contributed by atoms with Crippen LogP contribution in [0.2, 0.25) is 0 Å². The number of ether oxygens (including phenoxy) is 1. The van der Waals surface area contributed by atoms with Crippen LogP contribution in [0.5, 0.6) is 5.75 Å². The molecule has 0 radical (unpaired) electrons. The van der Waals surface area contributed by atoms with Gasteiger partial charge in [0.25, 0.3) is 0 Å². The molecule has 0 aliphatic heterocycles. The minimum Gasteiger partial charge on any atom is -0.478 e. The minimum absolute atomic E-state index is 0.279. The topological polar surface area (TPSA) is 58.6 Å². The second-order valence-electron chi connectivity index (χ2n) is 9.15. The van der Waals surface area contributed by atoms with E-state index in [2.05, 4.69) is 60.8 Å². The Bertz CT molecular complexity index is 1070. The fourth-order valence-corrected chi connectivity index (χ4v) is 4.68. The summed E-state index contributed by atoms with van der Waals surface area (Å²) in [6.07, 6.45) is 3.32. The molecule has 31 heavy (non-hydrogen) atoms. The quantitative estimate of drug-likeness (QED) is 0.490. The highest BCUT2D eigenvalue weighted by molar-refractivity contribution is 5.86. The Hall–Kier alpha value is -2.85. The maximum atomic E-state index is 11.4. The Morgan fingerprint density at radius 2 is 1.81 bits per heavy atom. The lowest BCUT2D eigenvalue weighted by Gasteiger charge is -2.23. The second kappa shape index (κ2) is 8.72. The van der Waals surface area contributed by atoms with Crippen LogP contribution in [0, 0.1) is 0 Å². The van der Waals surface area contributed by atoms with Crippen LogP contribution in [0.25, 0.3) is 10.8 Å². The maximum absolute atomic E-state index is 11.4. The van der Waals surface area contributed by atoms with Gasteiger partial charge >= 0.3 is 5.97 Å². The van der Waals surface area contributed by atoms with Gasteiger partial charge in [-0.15, -0.1) is 0 Å². The SMILES string of the molecule is C[C@@H](NC1CC[C@@H](c2cccc(OC(C)(C)C(=O)O)c2)C1)c1cccc2ccccc12. The van der Waals surface area contributed by atoms with E-state index >= 15 is 0 Å². The van der Waals surface area contributed by atoms with Crippen molar-refractivity contribution in [2.45, 2.75) is 63.6 Å². The Balaban J connectivity index is 1.43. The molecule has 1 unspecified atom stereocenters. The van der Waals surface area contributed by atoms with Crippen molar-refractivity contribution >= 4 is 16.7 Å². The first kappa shape index (κ1) is 21.4. The lowest BCUT2D eigenvalue weighted by molar-refractivity contribution is -0.152. The van der Waals surface area contributed by atoms with Crippen molar-refractivity contribution in [1.82, 2.24) is 5.32 Å². The third-order valence-electron chi connectivity index (χ3n) is 6.43. The number of fused-ring (bicyclic) bond motifs is 1. The zero-order chi connectivity index (χ0) is 22.0. The van der Waals surface area contributed by atoms with Gasteiger partial charge in [0.2, 0.25) is 0 Å². The van der Waals surface area contributed by atoms with Gasteiger partial charge < -0.3 is 15.2 Å². The third kappa shape index (κ3) is 4.75. The van der Waals surface area contributed by atoms with Crippen molar-refractivity contribution in [2.75, 3.05) is 0 Å². The van der Waals surface area contributed by atoms with Crippen LogP contribution in [-0.4, -0.2) is 22.7 Å². The lowest BCUT2D eigenvalue weighted by Crippen LogP contribution is -2.37. The van der Waals surface area contributed by atoms with Crippen molar-refractivity contribution < 1.29 is 14.6 Å². The van der Waals surface area contributed by atoms with E-state index < -0.39 is 11.6 Å². The van der Waals surface area contributed by atoms with Crippen molar-refractivity contribution in [3.05, 3.63) is 77.9 Å². The molecule has 162 valence electrons. The number of nitrogens with one attached hydrogen (secondary N) is 1. The van der Waals surface area contributed by atoms with Gasteiger partial charge in [-0.3, -0.25) is 0 Å². The molecule has 4 rings (SSSR count). The summed E-state index contributed by atoms with van der Waals surface area (Å²) in [5.41, 5.74) is 1.32. The normalized spacial score (nSPS) is 20.0. The van der Waals surface area contributed by atoms with Crippen molar-refractivity contribution in [1.29, 1.82) is 0 Å². The van der Waals surface area contributed by atoms with Crippen molar-refractivity contribution in [3.8, 4) is 5.75 Å². The first-order valence-electron chi connectivity index (χ1n) is 11.1. The molecule has 0 bridgehead atoms. The van der Waals surface area contributed by atoms with Gasteiger partial charge in [0.05, 0.1) is 0 Å². The second-order valence-corrected chi connectivity index (χ2v) is 9.15. The van der Waals surface area contributed by atoms with Gasteiger partial charge in [-0.2, -0.15) is 0 Å². The number of hydrogen-bond acceptors (Lipinski definition) is 3. The first-order chi connectivity index (χ1) is 14.8. The van der Waals surface area contributed by atoms with E-state index in [9.17, 15) is 9.90 Å². The van der Waals surface area contributed by atoms with Crippen LogP contribution < -0.4 is 10.1 Å². The molecule has 2 N–H and O–H groups in total. The molecular weight excluding hydrogens is 386 g/mol. The van der Waals surface area contributed by atoms with Crippen LogP contribution in [0.4, 0.5) is 0 Å². The molecule has 4 nitrogen and oxygen atoms in total. The molecule has 4 heteroatoms. The maximum Gasteiger partial charge on any atom is 0.347 e. The van der Waals surface area contributed by atoms with E-state index in [0.29, 0.717) is 17.7 Å². The Morgan fingerprint density at radius 3 is 2.61 bits per heavy atom. The molecule has 0 spiro atoms. The average Bonchev–Trinajstić information content (AvgIpc) is 3.21. The van der Waals surface area contributed by atoms with E-state index in [0.717, 1.165) is 19.3 Å². The van der Waals surface area contributed by atoms with Gasteiger partial charge in [-0.25, -0.2) is 4.79 Å². The van der Waals surface area contributed by atoms with E-state index in [-0.39, 0.29) is 6.04 Å². The van der Waals surface area contributed by atoms with E-state index in [1.165, 1.54) is 21.9 Å². The van der Waals surface area contributed by atoms with Crippen LogP contribution >= 0.6 is 0 Å². The largest absolute Gasteiger partial charge is 0.478 e. The number of carbonyl (C=O) groups is 1. The molecular formula is C27H31NO3. The lowest BCUT2D eigenvalue weighted by atomic mass is 9.96. The van der Waals surface area contributed by atoms with Crippen molar-refractivity contribution in [3.63, 3.8) is 0 Å². The summed E-state index contributed by atoms with van der Waals surface area (Å²) in [6.45, 7) is 5.40. The zero-order valence-electron chi connectivity index (χ0n) is 18.5. The smallest absolute Gasteiger partial charge is 0.347 e. The predicted octanol–water partition coefficient (Wildman–Crippen LogP) is 6.07. The summed E-state index contributed by atoms with van der Waals surface area (Å²) in [6, 6.07) is 23.7. The number of rotatable bonds is 7. The summed E-state index contributed by atoms with van der Waals surface area (Å²) < 4.78 is 5.74. The molecule has 1 aliphatic carbocycles. The highest BCUT2D eigenvalue weighted by atomic mass is 16.5. The molecule has 3 atom stereocenters. The summed E-state index contributed by atoms with van der Waals surface area (Å²) in [5.74, 6) is 0.101. The number of hydrogen-bond donors (Lipinski definition) is 2. The standard InChI is InChI=1S/C27H31NO3/c1-18(24-13-7-9-19-8-4-5-12-25(19)24)28-22-15-14-21(16-22)20-10-6-11-23(17-20)31-27(2,3)26(29)30/h4-13,17-18,21-22,28H,14-16H2,1-3H3,(H,29,30)/t18-,21-,22?/m1/s1. The summed E-state index contributed by atoms with van der Waals surface area (Å²) >= 11 is 0.